The lowest BCUT2D eigenvalue weighted by molar-refractivity contribution is -0.213. The molecule has 0 amide bonds. The lowest BCUT2D eigenvalue weighted by Gasteiger charge is -2.27. The highest BCUT2D eigenvalue weighted by atomic mass is 127. The average molecular weight is 494 g/mol. The molecule has 8 nitrogen and oxygen atoms in total. The zero-order valence-corrected chi connectivity index (χ0v) is 15.6. The van der Waals surface area contributed by atoms with Crippen LogP contribution in [0.4, 0.5) is 8.78 Å². The van der Waals surface area contributed by atoms with Gasteiger partial charge in [0.05, 0.1) is 5.56 Å². The number of hydrogen-bond acceptors (Lipinski definition) is 6. The number of carbonyl (C=O) groups is 1. The zero-order valence-electron chi connectivity index (χ0n) is 13.4. The topological polar surface area (TPSA) is 111 Å². The molecule has 3 rings (SSSR count). The van der Waals surface area contributed by atoms with Gasteiger partial charge in [0.1, 0.15) is 0 Å². The Morgan fingerprint density at radius 2 is 2.00 bits per heavy atom. The molecule has 1 fully saturated rings. The summed E-state index contributed by atoms with van der Waals surface area (Å²) < 4.78 is 38.7. The van der Waals surface area contributed by atoms with Gasteiger partial charge in [-0.3, -0.25) is 14.3 Å². The molecule has 1 aliphatic heterocycles. The van der Waals surface area contributed by atoms with Crippen molar-refractivity contribution in [1.82, 2.24) is 9.55 Å². The number of nitrogens with zero attached hydrogens (tertiary/aromatic N) is 1. The number of ether oxygens (including phenoxy) is 2. The first-order valence-corrected chi connectivity index (χ1v) is 8.89. The second kappa shape index (κ2) is 7.48. The first-order valence-electron chi connectivity index (χ1n) is 7.64. The van der Waals surface area contributed by atoms with Crippen LogP contribution in [0.15, 0.2) is 52.2 Å². The maximum Gasteiger partial charge on any atom is 0.338 e. The molecule has 0 bridgehead atoms. The van der Waals surface area contributed by atoms with Crippen LogP contribution in [-0.2, 0) is 9.47 Å². The van der Waals surface area contributed by atoms with Gasteiger partial charge in [-0.2, -0.15) is 0 Å². The molecule has 0 aliphatic carbocycles. The monoisotopic (exact) mass is 494 g/mol. The van der Waals surface area contributed by atoms with Crippen molar-refractivity contribution in [1.29, 1.82) is 0 Å². The zero-order chi connectivity index (χ0) is 19.8. The van der Waals surface area contributed by atoms with Crippen LogP contribution in [0, 0.1) is 0 Å². The Morgan fingerprint density at radius 1 is 1.33 bits per heavy atom. The van der Waals surface area contributed by atoms with E-state index in [1.807, 2.05) is 4.98 Å². The molecule has 1 aromatic carbocycles. The number of alkyl halides is 3. The van der Waals surface area contributed by atoms with Gasteiger partial charge in [0.2, 0.25) is 0 Å². The predicted octanol–water partition coefficient (Wildman–Crippen LogP) is 1.05. The van der Waals surface area contributed by atoms with E-state index in [0.29, 0.717) is 4.57 Å². The highest BCUT2D eigenvalue weighted by molar-refractivity contribution is 14.1. The smallest absolute Gasteiger partial charge is 0.338 e. The third-order valence-electron chi connectivity index (χ3n) is 3.94. The second-order valence-electron chi connectivity index (χ2n) is 5.70. The van der Waals surface area contributed by atoms with Gasteiger partial charge >= 0.3 is 11.7 Å². The van der Waals surface area contributed by atoms with Gasteiger partial charge in [0.15, 0.2) is 22.6 Å². The van der Waals surface area contributed by atoms with Crippen LogP contribution in [0.3, 0.4) is 0 Å². The van der Waals surface area contributed by atoms with Gasteiger partial charge in [-0.25, -0.2) is 18.4 Å². The van der Waals surface area contributed by atoms with Crippen molar-refractivity contribution >= 4 is 28.6 Å². The summed E-state index contributed by atoms with van der Waals surface area (Å²) >= 11 is 1.24. The molecule has 2 N–H and O–H groups in total. The Kier molecular flexibility index (Phi) is 5.44. The van der Waals surface area contributed by atoms with Crippen LogP contribution >= 0.6 is 22.6 Å². The van der Waals surface area contributed by atoms with Crippen molar-refractivity contribution in [3.63, 3.8) is 0 Å². The molecule has 1 saturated heterocycles. The number of benzene rings is 1. The van der Waals surface area contributed by atoms with Crippen LogP contribution in [0.25, 0.3) is 0 Å². The van der Waals surface area contributed by atoms with Gasteiger partial charge in [0.25, 0.3) is 11.4 Å². The largest absolute Gasteiger partial charge is 0.449 e. The average Bonchev–Trinajstić information content (AvgIpc) is 2.88. The summed E-state index contributed by atoms with van der Waals surface area (Å²) in [5.74, 6) is -4.15. The number of aromatic amines is 1. The minimum Gasteiger partial charge on any atom is -0.449 e. The van der Waals surface area contributed by atoms with E-state index in [9.17, 15) is 23.9 Å². The van der Waals surface area contributed by atoms with Crippen molar-refractivity contribution in [2.75, 3.05) is 0 Å². The number of esters is 1. The number of halogens is 3. The Balaban J connectivity index is 1.95. The molecule has 0 saturated carbocycles. The third-order valence-corrected chi connectivity index (χ3v) is 4.79. The molecular weight excluding hydrogens is 481 g/mol. The molecule has 2 heterocycles. The van der Waals surface area contributed by atoms with Gasteiger partial charge in [0, 0.05) is 12.3 Å². The Labute approximate surface area is 163 Å². The number of H-pyrrole nitrogens is 1. The number of rotatable bonds is 4. The Hall–Kier alpha value is -2.12. The molecule has 1 aliphatic rings. The van der Waals surface area contributed by atoms with E-state index in [-0.39, 0.29) is 5.56 Å². The Bertz CT molecular complexity index is 950. The fourth-order valence-corrected chi connectivity index (χ4v) is 3.12. The molecule has 1 aromatic heterocycles. The molecule has 27 heavy (non-hydrogen) atoms. The van der Waals surface area contributed by atoms with E-state index in [4.69, 9.17) is 9.47 Å². The Morgan fingerprint density at radius 3 is 2.59 bits per heavy atom. The highest BCUT2D eigenvalue weighted by Crippen LogP contribution is 2.45. The second-order valence-corrected chi connectivity index (χ2v) is 6.88. The summed E-state index contributed by atoms with van der Waals surface area (Å²) in [5, 5.41) is 9.74. The summed E-state index contributed by atoms with van der Waals surface area (Å²) in [6, 6.07) is 8.40. The van der Waals surface area contributed by atoms with Crippen molar-refractivity contribution in [3.8, 4) is 0 Å². The third kappa shape index (κ3) is 3.66. The van der Waals surface area contributed by atoms with E-state index in [0.717, 1.165) is 12.3 Å². The van der Waals surface area contributed by atoms with E-state index in [1.54, 1.807) is 6.07 Å². The van der Waals surface area contributed by atoms with Crippen molar-refractivity contribution in [3.05, 3.63) is 69.0 Å². The molecule has 1 unspecified atom stereocenters. The minimum absolute atomic E-state index is 0.0413. The fraction of sp³-hybridized carbons (Fsp3) is 0.312. The first kappa shape index (κ1) is 19.6. The number of nitrogens with one attached hydrogen (secondary N) is 1. The van der Waals surface area contributed by atoms with E-state index >= 15 is 4.39 Å². The maximum absolute atomic E-state index is 15.2. The predicted molar refractivity (Wildman–Crippen MR) is 95.9 cm³/mol. The van der Waals surface area contributed by atoms with Crippen LogP contribution in [0.1, 0.15) is 16.6 Å². The quantitative estimate of drug-likeness (QED) is 0.374. The SMILES string of the molecule is O=C(O[C@H]1[C@H](F)[C@H](n2ccc(=O)[nH]c2=O)O[C@]1(F)C(O)I)c1ccccc1. The fourth-order valence-electron chi connectivity index (χ4n) is 2.62. The molecule has 0 radical (unpaired) electrons. The normalized spacial score (nSPS) is 28.7. The number of carbonyl (C=O) groups excluding carboxylic acids is 1. The standard InChI is InChI=1S/C16H13F2IN2O6/c17-10-11(26-13(23)8-4-2-1-3-5-8)16(18,14(19)24)27-12(10)21-7-6-9(22)20-15(21)25/h1-7,10-12,14,24H,(H,20,22,25)/t10-,11-,12+,14?,16-/m0/s1. The molecular formula is C16H13F2IN2O6. The van der Waals surface area contributed by atoms with Crippen LogP contribution < -0.4 is 11.2 Å². The number of hydrogen-bond donors (Lipinski definition) is 2. The number of aromatic nitrogens is 2. The molecule has 0 spiro atoms. The number of aliphatic hydroxyl groups excluding tert-OH is 1. The highest BCUT2D eigenvalue weighted by Gasteiger charge is 2.63. The molecule has 5 atom stereocenters. The van der Waals surface area contributed by atoms with Gasteiger partial charge in [-0.05, 0) is 34.7 Å². The van der Waals surface area contributed by atoms with Crippen LogP contribution in [0.2, 0.25) is 0 Å². The van der Waals surface area contributed by atoms with E-state index in [2.05, 4.69) is 0 Å². The molecule has 11 heteroatoms. The summed E-state index contributed by atoms with van der Waals surface area (Å²) in [6.45, 7) is 0. The molecule has 144 valence electrons. The van der Waals surface area contributed by atoms with Gasteiger partial charge in [-0.15, -0.1) is 0 Å². The number of aliphatic hydroxyl groups is 1. The van der Waals surface area contributed by atoms with Gasteiger partial charge < -0.3 is 14.6 Å². The summed E-state index contributed by atoms with van der Waals surface area (Å²) in [6.07, 6.45) is -5.44. The van der Waals surface area contributed by atoms with Gasteiger partial charge in [-0.1, -0.05) is 18.2 Å². The van der Waals surface area contributed by atoms with E-state index in [1.165, 1.54) is 46.9 Å². The summed E-state index contributed by atoms with van der Waals surface area (Å²) in [4.78, 5) is 37.1. The lowest BCUT2D eigenvalue weighted by Crippen LogP contribution is -2.47. The van der Waals surface area contributed by atoms with E-state index < -0.39 is 45.7 Å². The minimum atomic E-state index is -3.12. The van der Waals surface area contributed by atoms with Crippen molar-refractivity contribution in [2.45, 2.75) is 28.5 Å². The van der Waals surface area contributed by atoms with Crippen molar-refractivity contribution < 1.29 is 28.2 Å². The molecule has 2 aromatic rings. The van der Waals surface area contributed by atoms with Crippen LogP contribution in [-0.4, -0.2) is 42.9 Å². The maximum atomic E-state index is 15.2. The van der Waals surface area contributed by atoms with Crippen LogP contribution in [0.5, 0.6) is 0 Å². The summed E-state index contributed by atoms with van der Waals surface area (Å²) in [5.41, 5.74) is -1.74. The van der Waals surface area contributed by atoms with Crippen molar-refractivity contribution in [2.24, 2.45) is 0 Å². The summed E-state index contributed by atoms with van der Waals surface area (Å²) in [7, 11) is 0. The lowest BCUT2D eigenvalue weighted by atomic mass is 10.1. The first-order chi connectivity index (χ1) is 12.7.